The molecule has 0 atom stereocenters. The molecule has 5 heteroatoms. The number of aryl methyl sites for hydroxylation is 2. The van der Waals surface area contributed by atoms with Crippen LogP contribution in [0.5, 0.6) is 0 Å². The van der Waals surface area contributed by atoms with Gasteiger partial charge in [0.25, 0.3) is 0 Å². The molecule has 0 fully saturated rings. The molecule has 0 bridgehead atoms. The van der Waals surface area contributed by atoms with Crippen LogP contribution >= 0.6 is 0 Å². The SMILES string of the molecule is CC(C)(C)c1c[c-]c(-c2ccccn2)cc1.Cc1ccc(-c2ccnc(-c3[c-]ccc4c3oc3nc(C)ccc34)c2)cc1.[Ir]. The summed E-state index contributed by atoms with van der Waals surface area (Å²) in [5.41, 5.74) is 11.1. The van der Waals surface area contributed by atoms with Gasteiger partial charge < -0.3 is 14.4 Å². The van der Waals surface area contributed by atoms with Gasteiger partial charge in [-0.1, -0.05) is 79.7 Å². The van der Waals surface area contributed by atoms with Crippen LogP contribution in [0.15, 0.2) is 114 Å². The number of pyridine rings is 3. The van der Waals surface area contributed by atoms with Crippen LogP contribution in [0.1, 0.15) is 37.6 Å². The monoisotopic (exact) mass is 752 g/mol. The first-order valence-electron chi connectivity index (χ1n) is 14.4. The fourth-order valence-electron chi connectivity index (χ4n) is 4.97. The number of hydrogen-bond donors (Lipinski definition) is 0. The molecular formula is C39H33IrN3O-2. The molecule has 4 heterocycles. The summed E-state index contributed by atoms with van der Waals surface area (Å²) in [5, 5.41) is 2.05. The Balaban J connectivity index is 0.000000194. The standard InChI is InChI=1S/C24H17N2O.C15H16N.Ir/c1-15-6-9-17(10-7-15)18-12-13-25-22(14-18)21-5-3-4-19-20-11-8-16(2)26-24(20)27-23(19)21;1-15(2,3)13-9-7-12(8-10-13)14-6-4-5-11-16-14;/h3-4,6-14H,1-2H3;4-7,9-11H,1-3H3;/q2*-1;. The molecule has 44 heavy (non-hydrogen) atoms. The van der Waals surface area contributed by atoms with E-state index in [4.69, 9.17) is 4.42 Å². The summed E-state index contributed by atoms with van der Waals surface area (Å²) in [4.78, 5) is 13.4. The van der Waals surface area contributed by atoms with E-state index in [1.165, 1.54) is 16.7 Å². The quantitative estimate of drug-likeness (QED) is 0.169. The average molecular weight is 752 g/mol. The zero-order valence-electron chi connectivity index (χ0n) is 25.5. The molecule has 0 saturated carbocycles. The summed E-state index contributed by atoms with van der Waals surface area (Å²) in [5.74, 6) is 0. The maximum absolute atomic E-state index is 6.10. The summed E-state index contributed by atoms with van der Waals surface area (Å²) in [6.07, 6.45) is 3.64. The first-order valence-corrected chi connectivity index (χ1v) is 14.4. The Morgan fingerprint density at radius 1 is 0.705 bits per heavy atom. The molecule has 0 aliphatic heterocycles. The predicted molar refractivity (Wildman–Crippen MR) is 176 cm³/mol. The van der Waals surface area contributed by atoms with Crippen LogP contribution in [-0.2, 0) is 25.5 Å². The molecular weight excluding hydrogens is 719 g/mol. The molecule has 1 radical (unpaired) electrons. The molecule has 0 spiro atoms. The van der Waals surface area contributed by atoms with Gasteiger partial charge in [0.2, 0.25) is 5.71 Å². The van der Waals surface area contributed by atoms with Crippen molar-refractivity contribution in [3.63, 3.8) is 0 Å². The predicted octanol–water partition coefficient (Wildman–Crippen LogP) is 9.97. The minimum absolute atomic E-state index is 0. The van der Waals surface area contributed by atoms with Crippen LogP contribution in [0.2, 0.25) is 0 Å². The molecule has 3 aromatic carbocycles. The Hall–Kier alpha value is -4.44. The summed E-state index contributed by atoms with van der Waals surface area (Å²) < 4.78 is 6.10. The third-order valence-electron chi connectivity index (χ3n) is 7.46. The van der Waals surface area contributed by atoms with E-state index in [2.05, 4.69) is 109 Å². The van der Waals surface area contributed by atoms with Crippen molar-refractivity contribution >= 4 is 22.1 Å². The van der Waals surface area contributed by atoms with Gasteiger partial charge in [0.15, 0.2) is 0 Å². The van der Waals surface area contributed by atoms with E-state index in [1.807, 2.05) is 55.6 Å². The maximum atomic E-state index is 6.10. The normalized spacial score (nSPS) is 11.1. The Kier molecular flexibility index (Phi) is 9.19. The Morgan fingerprint density at radius 2 is 1.50 bits per heavy atom. The first-order chi connectivity index (χ1) is 20.8. The number of hydrogen-bond acceptors (Lipinski definition) is 4. The average Bonchev–Trinajstić information content (AvgIpc) is 3.39. The van der Waals surface area contributed by atoms with E-state index >= 15 is 0 Å². The van der Waals surface area contributed by atoms with Crippen LogP contribution < -0.4 is 0 Å². The summed E-state index contributed by atoms with van der Waals surface area (Å²) in [6.45, 7) is 10.7. The fourth-order valence-corrected chi connectivity index (χ4v) is 4.97. The second kappa shape index (κ2) is 13.1. The van der Waals surface area contributed by atoms with Crippen molar-refractivity contribution in [2.45, 2.75) is 40.0 Å². The van der Waals surface area contributed by atoms with E-state index in [-0.39, 0.29) is 25.5 Å². The van der Waals surface area contributed by atoms with E-state index < -0.39 is 0 Å². The van der Waals surface area contributed by atoms with Crippen LogP contribution in [0.4, 0.5) is 0 Å². The van der Waals surface area contributed by atoms with Gasteiger partial charge in [-0.2, -0.15) is 0 Å². The Bertz CT molecular complexity index is 2010. The van der Waals surface area contributed by atoms with Gasteiger partial charge in [0, 0.05) is 43.6 Å². The van der Waals surface area contributed by atoms with Crippen molar-refractivity contribution in [3.05, 3.63) is 138 Å². The van der Waals surface area contributed by atoms with Crippen LogP contribution in [0.3, 0.4) is 0 Å². The molecule has 0 N–H and O–H groups in total. The Morgan fingerprint density at radius 3 is 2.20 bits per heavy atom. The maximum Gasteiger partial charge on any atom is 0.216 e. The van der Waals surface area contributed by atoms with Gasteiger partial charge in [-0.3, -0.25) is 0 Å². The third-order valence-corrected chi connectivity index (χ3v) is 7.46. The second-order valence-corrected chi connectivity index (χ2v) is 11.8. The molecule has 0 amide bonds. The molecule has 7 rings (SSSR count). The third kappa shape index (κ3) is 6.70. The molecule has 221 valence electrons. The molecule has 0 unspecified atom stereocenters. The van der Waals surface area contributed by atoms with Crippen molar-refractivity contribution in [1.29, 1.82) is 0 Å². The van der Waals surface area contributed by atoms with Crippen molar-refractivity contribution in [2.24, 2.45) is 0 Å². The molecule has 0 saturated heterocycles. The van der Waals surface area contributed by atoms with Crippen LogP contribution in [0, 0.1) is 26.0 Å². The smallest absolute Gasteiger partial charge is 0.216 e. The fraction of sp³-hybridized carbons (Fsp3) is 0.154. The van der Waals surface area contributed by atoms with Gasteiger partial charge >= 0.3 is 0 Å². The molecule has 0 aliphatic rings. The zero-order valence-corrected chi connectivity index (χ0v) is 27.9. The largest absolute Gasteiger partial charge is 0.486 e. The van der Waals surface area contributed by atoms with Crippen molar-refractivity contribution < 1.29 is 24.5 Å². The molecule has 0 aliphatic carbocycles. The van der Waals surface area contributed by atoms with Gasteiger partial charge in [-0.15, -0.1) is 53.6 Å². The number of fused-ring (bicyclic) bond motifs is 3. The second-order valence-electron chi connectivity index (χ2n) is 11.8. The molecule has 7 aromatic rings. The topological polar surface area (TPSA) is 51.8 Å². The summed E-state index contributed by atoms with van der Waals surface area (Å²) >= 11 is 0. The summed E-state index contributed by atoms with van der Waals surface area (Å²) in [6, 6.07) is 39.4. The van der Waals surface area contributed by atoms with Crippen molar-refractivity contribution in [1.82, 2.24) is 15.0 Å². The van der Waals surface area contributed by atoms with E-state index in [0.29, 0.717) is 5.71 Å². The first kappa shape index (κ1) is 31.0. The number of nitrogens with zero attached hydrogens (tertiary/aromatic N) is 3. The summed E-state index contributed by atoms with van der Waals surface area (Å²) in [7, 11) is 0. The van der Waals surface area contributed by atoms with Gasteiger partial charge in [-0.25, -0.2) is 4.98 Å². The minimum atomic E-state index is 0. The number of furan rings is 1. The van der Waals surface area contributed by atoms with Gasteiger partial charge in [0.1, 0.15) is 0 Å². The number of rotatable bonds is 3. The van der Waals surface area contributed by atoms with Crippen LogP contribution in [0.25, 0.3) is 55.7 Å². The van der Waals surface area contributed by atoms with Gasteiger partial charge in [-0.05, 0) is 66.0 Å². The number of aromatic nitrogens is 3. The van der Waals surface area contributed by atoms with Gasteiger partial charge in [0.05, 0.1) is 5.58 Å². The molecule has 4 aromatic heterocycles. The van der Waals surface area contributed by atoms with Crippen LogP contribution in [-0.4, -0.2) is 15.0 Å². The number of benzene rings is 3. The van der Waals surface area contributed by atoms with E-state index in [9.17, 15) is 0 Å². The Labute approximate surface area is 272 Å². The van der Waals surface area contributed by atoms with E-state index in [0.717, 1.165) is 50.1 Å². The van der Waals surface area contributed by atoms with E-state index in [1.54, 1.807) is 6.20 Å². The molecule has 4 nitrogen and oxygen atoms in total. The van der Waals surface area contributed by atoms with Crippen molar-refractivity contribution in [3.8, 4) is 33.6 Å². The van der Waals surface area contributed by atoms with Crippen molar-refractivity contribution in [2.75, 3.05) is 0 Å². The zero-order chi connectivity index (χ0) is 30.0. The minimum Gasteiger partial charge on any atom is -0.486 e.